The first kappa shape index (κ1) is 9.86. The predicted octanol–water partition coefficient (Wildman–Crippen LogP) is 0.697. The highest BCUT2D eigenvalue weighted by Crippen LogP contribution is 2.08. The van der Waals surface area contributed by atoms with Crippen LogP contribution in [0.3, 0.4) is 0 Å². The molecule has 0 saturated heterocycles. The Morgan fingerprint density at radius 3 is 3.07 bits per heavy atom. The van der Waals surface area contributed by atoms with Crippen LogP contribution in [0.1, 0.15) is 5.69 Å². The van der Waals surface area contributed by atoms with Gasteiger partial charge < -0.3 is 9.67 Å². The molecule has 2 aromatic heterocycles. The van der Waals surface area contributed by atoms with Gasteiger partial charge in [-0.15, -0.1) is 0 Å². The van der Waals surface area contributed by atoms with Crippen LogP contribution in [0.2, 0.25) is 0 Å². The second kappa shape index (κ2) is 3.82. The highest BCUT2D eigenvalue weighted by atomic mass is 16.3. The fourth-order valence-corrected chi connectivity index (χ4v) is 1.67. The number of pyridine rings is 2. The fourth-order valence-electron chi connectivity index (χ4n) is 1.67. The van der Waals surface area contributed by atoms with Crippen LogP contribution < -0.4 is 5.56 Å². The fraction of sp³-hybridized carbons (Fsp3) is 0.273. The van der Waals surface area contributed by atoms with E-state index in [9.17, 15) is 4.79 Å². The van der Waals surface area contributed by atoms with Crippen molar-refractivity contribution in [3.63, 3.8) is 0 Å². The Morgan fingerprint density at radius 1 is 1.53 bits per heavy atom. The zero-order valence-electron chi connectivity index (χ0n) is 8.47. The van der Waals surface area contributed by atoms with Crippen LogP contribution in [0, 0.1) is 6.92 Å². The van der Waals surface area contributed by atoms with Crippen molar-refractivity contribution >= 4 is 10.9 Å². The topological polar surface area (TPSA) is 55.1 Å². The standard InChI is InChI=1S/C11H12N2O2/c1-8-7-10-9(3-2-4-12-10)11(15)13(8)5-6-14/h2-4,7,14H,5-6H2,1H3. The van der Waals surface area contributed by atoms with Gasteiger partial charge in [0.15, 0.2) is 0 Å². The number of fused-ring (bicyclic) bond motifs is 1. The van der Waals surface area contributed by atoms with Crippen molar-refractivity contribution in [2.24, 2.45) is 0 Å². The molecule has 0 aliphatic rings. The highest BCUT2D eigenvalue weighted by Gasteiger charge is 2.05. The lowest BCUT2D eigenvalue weighted by Crippen LogP contribution is -2.24. The van der Waals surface area contributed by atoms with Gasteiger partial charge in [-0.3, -0.25) is 9.78 Å². The van der Waals surface area contributed by atoms with E-state index in [0.29, 0.717) is 17.4 Å². The molecule has 0 atom stereocenters. The molecule has 0 aliphatic heterocycles. The van der Waals surface area contributed by atoms with Crippen LogP contribution >= 0.6 is 0 Å². The minimum absolute atomic E-state index is 0.0352. The van der Waals surface area contributed by atoms with E-state index < -0.39 is 0 Å². The molecule has 0 aliphatic carbocycles. The maximum atomic E-state index is 12.0. The Morgan fingerprint density at radius 2 is 2.33 bits per heavy atom. The number of hydrogen-bond acceptors (Lipinski definition) is 3. The summed E-state index contributed by atoms with van der Waals surface area (Å²) in [5, 5.41) is 9.46. The van der Waals surface area contributed by atoms with E-state index in [1.807, 2.05) is 13.0 Å². The maximum Gasteiger partial charge on any atom is 0.260 e. The normalized spacial score (nSPS) is 10.8. The summed E-state index contributed by atoms with van der Waals surface area (Å²) in [5.74, 6) is 0. The van der Waals surface area contributed by atoms with Gasteiger partial charge in [0.25, 0.3) is 5.56 Å². The van der Waals surface area contributed by atoms with Crippen LogP contribution in [-0.4, -0.2) is 21.3 Å². The van der Waals surface area contributed by atoms with Crippen molar-refractivity contribution < 1.29 is 5.11 Å². The number of aliphatic hydroxyl groups excluding tert-OH is 1. The summed E-state index contributed by atoms with van der Waals surface area (Å²) in [6.07, 6.45) is 1.66. The minimum atomic E-state index is -0.0906. The molecular formula is C11H12N2O2. The van der Waals surface area contributed by atoms with Crippen molar-refractivity contribution in [2.75, 3.05) is 6.61 Å². The molecule has 2 rings (SSSR count). The molecule has 1 N–H and O–H groups in total. The summed E-state index contributed by atoms with van der Waals surface area (Å²) >= 11 is 0. The molecule has 2 heterocycles. The minimum Gasteiger partial charge on any atom is -0.395 e. The number of nitrogens with zero attached hydrogens (tertiary/aromatic N) is 2. The lowest BCUT2D eigenvalue weighted by molar-refractivity contribution is 0.273. The van der Waals surface area contributed by atoms with Gasteiger partial charge in [-0.05, 0) is 25.1 Å². The average Bonchev–Trinajstić information content (AvgIpc) is 2.24. The quantitative estimate of drug-likeness (QED) is 0.783. The monoisotopic (exact) mass is 204 g/mol. The third-order valence-electron chi connectivity index (χ3n) is 2.41. The van der Waals surface area contributed by atoms with Crippen LogP contribution in [0.15, 0.2) is 29.2 Å². The van der Waals surface area contributed by atoms with Gasteiger partial charge in [0.2, 0.25) is 0 Å². The zero-order valence-corrected chi connectivity index (χ0v) is 8.47. The Balaban J connectivity index is 2.78. The molecule has 0 aromatic carbocycles. The van der Waals surface area contributed by atoms with Crippen LogP contribution in [0.5, 0.6) is 0 Å². The maximum absolute atomic E-state index is 12.0. The van der Waals surface area contributed by atoms with E-state index in [4.69, 9.17) is 5.11 Å². The van der Waals surface area contributed by atoms with E-state index in [2.05, 4.69) is 4.98 Å². The summed E-state index contributed by atoms with van der Waals surface area (Å²) in [4.78, 5) is 16.1. The number of hydrogen-bond donors (Lipinski definition) is 1. The molecule has 78 valence electrons. The van der Waals surface area contributed by atoms with Crippen molar-refractivity contribution in [3.8, 4) is 0 Å². The number of rotatable bonds is 2. The largest absolute Gasteiger partial charge is 0.395 e. The molecular weight excluding hydrogens is 192 g/mol. The zero-order chi connectivity index (χ0) is 10.8. The predicted molar refractivity (Wildman–Crippen MR) is 57.8 cm³/mol. The van der Waals surface area contributed by atoms with Crippen molar-refractivity contribution in [1.82, 2.24) is 9.55 Å². The van der Waals surface area contributed by atoms with Crippen molar-refractivity contribution in [2.45, 2.75) is 13.5 Å². The first-order valence-electron chi connectivity index (χ1n) is 4.80. The number of aryl methyl sites for hydroxylation is 1. The molecule has 0 amide bonds. The lowest BCUT2D eigenvalue weighted by atomic mass is 10.2. The first-order valence-corrected chi connectivity index (χ1v) is 4.80. The Labute approximate surface area is 86.8 Å². The van der Waals surface area contributed by atoms with Gasteiger partial charge in [-0.2, -0.15) is 0 Å². The molecule has 0 bridgehead atoms. The Bertz CT molecular complexity index is 546. The molecule has 15 heavy (non-hydrogen) atoms. The Hall–Kier alpha value is -1.68. The van der Waals surface area contributed by atoms with E-state index in [1.54, 1.807) is 22.9 Å². The van der Waals surface area contributed by atoms with Crippen molar-refractivity contribution in [1.29, 1.82) is 0 Å². The number of aliphatic hydroxyl groups is 1. The van der Waals surface area contributed by atoms with Gasteiger partial charge in [0, 0.05) is 18.4 Å². The van der Waals surface area contributed by atoms with Crippen LogP contribution in [-0.2, 0) is 6.54 Å². The highest BCUT2D eigenvalue weighted by molar-refractivity contribution is 5.77. The average molecular weight is 204 g/mol. The summed E-state index contributed by atoms with van der Waals surface area (Å²) < 4.78 is 1.56. The summed E-state index contributed by atoms with van der Waals surface area (Å²) in [6, 6.07) is 5.34. The van der Waals surface area contributed by atoms with E-state index >= 15 is 0 Å². The molecule has 0 fully saturated rings. The smallest absolute Gasteiger partial charge is 0.260 e. The summed E-state index contributed by atoms with van der Waals surface area (Å²) in [6.45, 7) is 2.13. The first-order chi connectivity index (χ1) is 7.24. The van der Waals surface area contributed by atoms with E-state index in [-0.39, 0.29) is 12.2 Å². The summed E-state index contributed by atoms with van der Waals surface area (Å²) in [7, 11) is 0. The van der Waals surface area contributed by atoms with Gasteiger partial charge in [0.05, 0.1) is 17.5 Å². The van der Waals surface area contributed by atoms with Crippen LogP contribution in [0.25, 0.3) is 10.9 Å². The van der Waals surface area contributed by atoms with Gasteiger partial charge in [-0.1, -0.05) is 0 Å². The van der Waals surface area contributed by atoms with Gasteiger partial charge >= 0.3 is 0 Å². The third-order valence-corrected chi connectivity index (χ3v) is 2.41. The molecule has 0 unspecified atom stereocenters. The molecule has 4 heteroatoms. The molecule has 2 aromatic rings. The lowest BCUT2D eigenvalue weighted by Gasteiger charge is -2.09. The molecule has 0 saturated carbocycles. The SMILES string of the molecule is Cc1cc2ncccc2c(=O)n1CCO. The van der Waals surface area contributed by atoms with Gasteiger partial charge in [0.1, 0.15) is 0 Å². The molecule has 4 nitrogen and oxygen atoms in total. The number of aromatic nitrogens is 2. The molecule has 0 radical (unpaired) electrons. The van der Waals surface area contributed by atoms with Crippen molar-refractivity contribution in [3.05, 3.63) is 40.4 Å². The van der Waals surface area contributed by atoms with E-state index in [1.165, 1.54) is 0 Å². The second-order valence-electron chi connectivity index (χ2n) is 3.40. The Kier molecular flexibility index (Phi) is 2.51. The third kappa shape index (κ3) is 1.64. The van der Waals surface area contributed by atoms with E-state index in [0.717, 1.165) is 5.69 Å². The summed E-state index contributed by atoms with van der Waals surface area (Å²) in [5.41, 5.74) is 1.43. The van der Waals surface area contributed by atoms with Gasteiger partial charge in [-0.25, -0.2) is 0 Å². The molecule has 0 spiro atoms. The second-order valence-corrected chi connectivity index (χ2v) is 3.40. The van der Waals surface area contributed by atoms with Crippen LogP contribution in [0.4, 0.5) is 0 Å².